The summed E-state index contributed by atoms with van der Waals surface area (Å²) in [4.78, 5) is 21.8. The minimum atomic E-state index is -0.807. The number of alkyl carbamates (subject to hydrolysis) is 1. The third-order valence-electron chi connectivity index (χ3n) is 4.95. The second-order valence-electron chi connectivity index (χ2n) is 9.00. The summed E-state index contributed by atoms with van der Waals surface area (Å²) in [5.74, 6) is 0.361. The first kappa shape index (κ1) is 25.1. The van der Waals surface area contributed by atoms with Gasteiger partial charge in [0, 0.05) is 23.9 Å². The van der Waals surface area contributed by atoms with Gasteiger partial charge in [0.1, 0.15) is 11.4 Å². The fraction of sp³-hybridized carbons (Fsp3) is 0.417. The smallest absolute Gasteiger partial charge is 0.413 e. The number of rotatable bonds is 5. The molecule has 2 N–H and O–H groups in total. The van der Waals surface area contributed by atoms with Crippen LogP contribution in [0.4, 0.5) is 9.18 Å². The molecule has 9 heteroatoms. The highest BCUT2D eigenvalue weighted by Gasteiger charge is 2.33. The number of ether oxygens (including phenoxy) is 1. The van der Waals surface area contributed by atoms with Crippen molar-refractivity contribution in [3.05, 3.63) is 65.2 Å². The van der Waals surface area contributed by atoms with Crippen molar-refractivity contribution < 1.29 is 13.9 Å². The molecule has 1 aromatic heterocycles. The summed E-state index contributed by atoms with van der Waals surface area (Å²) in [6.07, 6.45) is 2.28. The SMILES string of the molecule is CC(C)(C)OC(=O)NC1=N[C@](C)(c2cc(CC(=S)NCc3ccccn3)ccc2F)CCS1. The Hall–Kier alpha value is -2.52. The van der Waals surface area contributed by atoms with Crippen LogP contribution in [0.5, 0.6) is 0 Å². The number of nitrogens with zero attached hydrogens (tertiary/aromatic N) is 2. The van der Waals surface area contributed by atoms with Crippen LogP contribution in [-0.4, -0.2) is 32.6 Å². The largest absolute Gasteiger partial charge is 0.444 e. The Morgan fingerprint density at radius 2 is 2.09 bits per heavy atom. The van der Waals surface area contributed by atoms with Gasteiger partial charge in [-0.2, -0.15) is 0 Å². The molecule has 6 nitrogen and oxygen atoms in total. The molecule has 0 aliphatic carbocycles. The summed E-state index contributed by atoms with van der Waals surface area (Å²) in [7, 11) is 0. The summed E-state index contributed by atoms with van der Waals surface area (Å²) >= 11 is 6.90. The molecule has 1 atom stereocenters. The quantitative estimate of drug-likeness (QED) is 0.570. The number of aromatic nitrogens is 1. The minimum Gasteiger partial charge on any atom is -0.444 e. The van der Waals surface area contributed by atoms with Crippen LogP contribution in [0.1, 0.15) is 50.9 Å². The van der Waals surface area contributed by atoms with Gasteiger partial charge in [0.05, 0.1) is 22.8 Å². The molecule has 0 bridgehead atoms. The second kappa shape index (κ2) is 10.6. The molecule has 1 aromatic carbocycles. The fourth-order valence-electron chi connectivity index (χ4n) is 3.34. The Bertz CT molecular complexity index is 1040. The van der Waals surface area contributed by atoms with Crippen LogP contribution >= 0.6 is 24.0 Å². The molecule has 0 saturated carbocycles. The number of amidine groups is 1. The first-order chi connectivity index (χ1) is 15.5. The van der Waals surface area contributed by atoms with E-state index < -0.39 is 17.2 Å². The monoisotopic (exact) mass is 488 g/mol. The van der Waals surface area contributed by atoms with E-state index in [0.717, 1.165) is 11.3 Å². The number of aliphatic imine (C=N–C) groups is 1. The molecule has 176 valence electrons. The molecule has 2 aromatic rings. The van der Waals surface area contributed by atoms with E-state index in [4.69, 9.17) is 17.0 Å². The van der Waals surface area contributed by atoms with E-state index in [0.29, 0.717) is 40.9 Å². The molecule has 0 radical (unpaired) electrons. The third-order valence-corrected chi connectivity index (χ3v) is 6.12. The Labute approximate surface area is 203 Å². The van der Waals surface area contributed by atoms with Crippen molar-refractivity contribution in [2.24, 2.45) is 4.99 Å². The van der Waals surface area contributed by atoms with Crippen molar-refractivity contribution in [1.82, 2.24) is 15.6 Å². The van der Waals surface area contributed by atoms with E-state index in [1.54, 1.807) is 33.0 Å². The number of benzene rings is 1. The highest BCUT2D eigenvalue weighted by Crippen LogP contribution is 2.37. The van der Waals surface area contributed by atoms with Crippen molar-refractivity contribution in [3.63, 3.8) is 0 Å². The van der Waals surface area contributed by atoms with Gasteiger partial charge in [-0.25, -0.2) is 9.18 Å². The number of carbonyl (C=O) groups is 1. The molecule has 0 saturated heterocycles. The van der Waals surface area contributed by atoms with E-state index in [1.807, 2.05) is 31.2 Å². The van der Waals surface area contributed by atoms with Gasteiger partial charge in [-0.05, 0) is 57.9 Å². The number of pyridine rings is 1. The maximum absolute atomic E-state index is 14.9. The van der Waals surface area contributed by atoms with Gasteiger partial charge in [0.2, 0.25) is 0 Å². The lowest BCUT2D eigenvalue weighted by atomic mass is 9.88. The minimum absolute atomic E-state index is 0.333. The Balaban J connectivity index is 1.71. The number of nitrogens with one attached hydrogen (secondary N) is 2. The van der Waals surface area contributed by atoms with E-state index in [9.17, 15) is 9.18 Å². The zero-order valence-corrected chi connectivity index (χ0v) is 20.9. The van der Waals surface area contributed by atoms with Crippen LogP contribution in [0, 0.1) is 5.82 Å². The number of thioether (sulfide) groups is 1. The molecule has 0 spiro atoms. The molecule has 1 aliphatic heterocycles. The summed E-state index contributed by atoms with van der Waals surface area (Å²) in [5.41, 5.74) is 0.846. The first-order valence-corrected chi connectivity index (χ1v) is 12.1. The van der Waals surface area contributed by atoms with Crippen molar-refractivity contribution in [3.8, 4) is 0 Å². The number of hydrogen-bond donors (Lipinski definition) is 2. The molecule has 0 unspecified atom stereocenters. The fourth-order valence-corrected chi connectivity index (χ4v) is 4.70. The van der Waals surface area contributed by atoms with Gasteiger partial charge in [0.15, 0.2) is 5.17 Å². The topological polar surface area (TPSA) is 75.6 Å². The lowest BCUT2D eigenvalue weighted by Crippen LogP contribution is -2.39. The first-order valence-electron chi connectivity index (χ1n) is 10.7. The second-order valence-corrected chi connectivity index (χ2v) is 10.6. The normalized spacial score (nSPS) is 18.3. The van der Waals surface area contributed by atoms with Crippen LogP contribution in [0.25, 0.3) is 0 Å². The Kier molecular flexibility index (Phi) is 8.07. The molecule has 0 fully saturated rings. The van der Waals surface area contributed by atoms with Crippen LogP contribution in [0.2, 0.25) is 0 Å². The van der Waals surface area contributed by atoms with Gasteiger partial charge in [-0.1, -0.05) is 42.2 Å². The predicted octanol–water partition coefficient (Wildman–Crippen LogP) is 5.11. The standard InChI is InChI=1S/C24H29FN4O2S2/c1-23(2,3)31-22(30)28-21-29-24(4,10-12-33-21)18-13-16(8-9-19(18)25)14-20(32)27-15-17-7-5-6-11-26-17/h5-9,11,13H,10,12,14-15H2,1-4H3,(H,27,32)(H,28,29,30)/t24-/m0/s1. The zero-order valence-electron chi connectivity index (χ0n) is 19.3. The lowest BCUT2D eigenvalue weighted by Gasteiger charge is -2.31. The van der Waals surface area contributed by atoms with Crippen LogP contribution in [-0.2, 0) is 23.2 Å². The molecular weight excluding hydrogens is 459 g/mol. The molecule has 33 heavy (non-hydrogen) atoms. The zero-order chi connectivity index (χ0) is 24.1. The van der Waals surface area contributed by atoms with Crippen molar-refractivity contribution in [1.29, 1.82) is 0 Å². The third kappa shape index (κ3) is 7.50. The van der Waals surface area contributed by atoms with Crippen LogP contribution < -0.4 is 10.6 Å². The Morgan fingerprint density at radius 3 is 2.79 bits per heavy atom. The molecule has 2 heterocycles. The Morgan fingerprint density at radius 1 is 1.30 bits per heavy atom. The van der Waals surface area contributed by atoms with Crippen LogP contribution in [0.15, 0.2) is 47.6 Å². The molecule has 3 rings (SSSR count). The summed E-state index contributed by atoms with van der Waals surface area (Å²) in [5, 5.41) is 6.32. The van der Waals surface area contributed by atoms with Crippen molar-refractivity contribution in [2.75, 3.05) is 5.75 Å². The lowest BCUT2D eigenvalue weighted by molar-refractivity contribution is 0.0564. The number of hydrogen-bond acceptors (Lipinski definition) is 6. The van der Waals surface area contributed by atoms with E-state index in [1.165, 1.54) is 17.8 Å². The van der Waals surface area contributed by atoms with Gasteiger partial charge in [-0.3, -0.25) is 15.3 Å². The van der Waals surface area contributed by atoms with Gasteiger partial charge >= 0.3 is 6.09 Å². The highest BCUT2D eigenvalue weighted by atomic mass is 32.2. The summed E-state index contributed by atoms with van der Waals surface area (Å²) < 4.78 is 20.2. The highest BCUT2D eigenvalue weighted by molar-refractivity contribution is 8.13. The number of carbonyl (C=O) groups excluding carboxylic acids is 1. The number of thiocarbonyl (C=S) groups is 1. The van der Waals surface area contributed by atoms with Gasteiger partial charge < -0.3 is 10.1 Å². The molecule has 1 aliphatic rings. The van der Waals surface area contributed by atoms with E-state index in [2.05, 4.69) is 20.6 Å². The van der Waals surface area contributed by atoms with Crippen molar-refractivity contribution in [2.45, 2.75) is 58.2 Å². The average molecular weight is 489 g/mol. The predicted molar refractivity (Wildman–Crippen MR) is 135 cm³/mol. The van der Waals surface area contributed by atoms with E-state index in [-0.39, 0.29) is 5.82 Å². The summed E-state index contributed by atoms with van der Waals surface area (Å²) in [6.45, 7) is 7.80. The number of amides is 1. The maximum atomic E-state index is 14.9. The molecule has 1 amide bonds. The number of halogens is 1. The van der Waals surface area contributed by atoms with Gasteiger partial charge in [0.25, 0.3) is 0 Å². The van der Waals surface area contributed by atoms with Crippen molar-refractivity contribution >= 4 is 40.2 Å². The average Bonchev–Trinajstić information content (AvgIpc) is 2.73. The van der Waals surface area contributed by atoms with Crippen LogP contribution in [0.3, 0.4) is 0 Å². The van der Waals surface area contributed by atoms with E-state index >= 15 is 0 Å². The van der Waals surface area contributed by atoms with Gasteiger partial charge in [-0.15, -0.1) is 0 Å². The molecular formula is C24H29FN4O2S2. The maximum Gasteiger partial charge on any atom is 0.413 e. The summed E-state index contributed by atoms with van der Waals surface area (Å²) in [6, 6.07) is 10.7.